The highest BCUT2D eigenvalue weighted by atomic mass is 15.1. The van der Waals surface area contributed by atoms with Gasteiger partial charge in [-0.15, -0.1) is 0 Å². The third kappa shape index (κ3) is 9.12. The summed E-state index contributed by atoms with van der Waals surface area (Å²) in [5, 5.41) is 0. The molecule has 2 saturated heterocycles. The summed E-state index contributed by atoms with van der Waals surface area (Å²) in [6.45, 7) is 8.31. The lowest BCUT2D eigenvalue weighted by Gasteiger charge is -2.47. The highest BCUT2D eigenvalue weighted by Crippen LogP contribution is 2.40. The Balaban J connectivity index is 1.47. The Bertz CT molecular complexity index is 596. The zero-order chi connectivity index (χ0) is 23.3. The Kier molecular flexibility index (Phi) is 12.1. The van der Waals surface area contributed by atoms with Crippen molar-refractivity contribution < 1.29 is 0 Å². The van der Waals surface area contributed by atoms with Gasteiger partial charge in [0.2, 0.25) is 0 Å². The van der Waals surface area contributed by atoms with Crippen LogP contribution < -0.4 is 0 Å². The topological polar surface area (TPSA) is 6.48 Å². The lowest BCUT2D eigenvalue weighted by atomic mass is 9.69. The lowest BCUT2D eigenvalue weighted by molar-refractivity contribution is 0.0186. The van der Waals surface area contributed by atoms with Crippen LogP contribution in [0.15, 0.2) is 24.3 Å². The Morgan fingerprint density at radius 3 is 1.82 bits per heavy atom. The first-order chi connectivity index (χ1) is 16.9. The van der Waals surface area contributed by atoms with Crippen LogP contribution >= 0.6 is 0 Å². The van der Waals surface area contributed by atoms with Crippen LogP contribution in [0, 0.1) is 23.7 Å². The third-order valence-corrected chi connectivity index (χ3v) is 9.58. The van der Waals surface area contributed by atoms with Crippen LogP contribution in [0.5, 0.6) is 0 Å². The van der Waals surface area contributed by atoms with Gasteiger partial charge in [-0.25, -0.2) is 0 Å². The van der Waals surface area contributed by atoms with Crippen molar-refractivity contribution in [3.63, 3.8) is 0 Å². The first-order valence-corrected chi connectivity index (χ1v) is 15.6. The maximum absolute atomic E-state index is 2.94. The van der Waals surface area contributed by atoms with Gasteiger partial charge in [-0.3, -0.25) is 0 Å². The van der Waals surface area contributed by atoms with Crippen LogP contribution in [0.1, 0.15) is 116 Å². The minimum atomic E-state index is 0.953. The third-order valence-electron chi connectivity index (χ3n) is 9.58. The molecular weight excluding hydrogens is 412 g/mol. The van der Waals surface area contributed by atoms with Crippen LogP contribution in [-0.4, -0.2) is 49.1 Å². The zero-order valence-electron chi connectivity index (χ0n) is 22.5. The second-order valence-corrected chi connectivity index (χ2v) is 12.3. The molecule has 0 aromatic rings. The fourth-order valence-electron chi connectivity index (χ4n) is 7.69. The Morgan fingerprint density at radius 1 is 0.441 bits per heavy atom. The molecule has 5 rings (SSSR count). The van der Waals surface area contributed by atoms with E-state index in [1.54, 1.807) is 0 Å². The predicted molar refractivity (Wildman–Crippen MR) is 148 cm³/mol. The maximum Gasteiger partial charge on any atom is 0.00127 e. The average Bonchev–Trinajstić information content (AvgIpc) is 2.85. The smallest absolute Gasteiger partial charge is 0.00127 e. The summed E-state index contributed by atoms with van der Waals surface area (Å²) >= 11 is 0. The molecule has 5 heterocycles. The SMILES string of the molecule is C1=CCCCC[C@H]2CN3CCCC/C=C\CCCCC4C[C@H](CN(CCCCCC1)C4)[C@H]2CC3. The highest BCUT2D eigenvalue weighted by molar-refractivity contribution is 4.91. The van der Waals surface area contributed by atoms with E-state index in [9.17, 15) is 0 Å². The maximum atomic E-state index is 2.94. The summed E-state index contributed by atoms with van der Waals surface area (Å²) in [6, 6.07) is 0. The van der Waals surface area contributed by atoms with Crippen molar-refractivity contribution in [3.05, 3.63) is 24.3 Å². The molecule has 0 amide bonds. The molecule has 5 aliphatic rings. The molecule has 5 aliphatic heterocycles. The van der Waals surface area contributed by atoms with Crippen molar-refractivity contribution in [1.29, 1.82) is 0 Å². The van der Waals surface area contributed by atoms with E-state index in [2.05, 4.69) is 34.1 Å². The predicted octanol–water partition coefficient (Wildman–Crippen LogP) is 8.24. The Labute approximate surface area is 212 Å². The van der Waals surface area contributed by atoms with Gasteiger partial charge in [0.05, 0.1) is 0 Å². The van der Waals surface area contributed by atoms with Crippen LogP contribution in [0.4, 0.5) is 0 Å². The van der Waals surface area contributed by atoms with Crippen molar-refractivity contribution in [2.45, 2.75) is 116 Å². The van der Waals surface area contributed by atoms with E-state index in [1.807, 2.05) is 0 Å². The number of nitrogens with zero attached hydrogens (tertiary/aromatic N) is 2. The van der Waals surface area contributed by atoms with Crippen LogP contribution in [-0.2, 0) is 0 Å². The van der Waals surface area contributed by atoms with E-state index in [4.69, 9.17) is 0 Å². The van der Waals surface area contributed by atoms with Crippen molar-refractivity contribution in [3.8, 4) is 0 Å². The van der Waals surface area contributed by atoms with E-state index < -0.39 is 0 Å². The van der Waals surface area contributed by atoms with Gasteiger partial charge in [0.25, 0.3) is 0 Å². The minimum Gasteiger partial charge on any atom is -0.303 e. The average molecular weight is 469 g/mol. The standard InChI is InChI=1S/C32H56N2/c1-2-5-10-14-18-23-34-26-29-19-15-11-7-4-6-9-13-17-22-33-24-21-32(31(25-29)28-34)30(27-33)20-16-12-8-3-1/h1,3-4,6,29-32H,2,5,7-28H2/b3-1?,6-4-/t29?,30-,31+,32-/m0/s1. The molecule has 0 radical (unpaired) electrons. The second kappa shape index (κ2) is 15.5. The molecule has 6 bridgehead atoms. The molecule has 6 atom stereocenters. The quantitative estimate of drug-likeness (QED) is 0.330. The number of hydrogen-bond donors (Lipinski definition) is 0. The van der Waals surface area contributed by atoms with E-state index in [1.165, 1.54) is 155 Å². The van der Waals surface area contributed by atoms with E-state index >= 15 is 0 Å². The van der Waals surface area contributed by atoms with Crippen molar-refractivity contribution in [2.24, 2.45) is 23.7 Å². The summed E-state index contributed by atoms with van der Waals surface area (Å²) in [6.07, 6.45) is 35.3. The summed E-state index contributed by atoms with van der Waals surface area (Å²) in [7, 11) is 0. The zero-order valence-corrected chi connectivity index (χ0v) is 22.5. The van der Waals surface area contributed by atoms with Crippen LogP contribution in [0.25, 0.3) is 0 Å². The molecule has 0 spiro atoms. The fraction of sp³-hybridized carbons (Fsp3) is 0.875. The largest absolute Gasteiger partial charge is 0.303 e. The lowest BCUT2D eigenvalue weighted by Crippen LogP contribution is -2.49. The summed E-state index contributed by atoms with van der Waals surface area (Å²) < 4.78 is 0. The molecule has 0 N–H and O–H groups in total. The number of allylic oxidation sites excluding steroid dienone is 4. The van der Waals surface area contributed by atoms with Gasteiger partial charge in [-0.1, -0.05) is 50.0 Å². The molecule has 0 aromatic heterocycles. The normalized spacial score (nSPS) is 38.8. The van der Waals surface area contributed by atoms with E-state index in [0.29, 0.717) is 0 Å². The van der Waals surface area contributed by atoms with Gasteiger partial charge in [0.15, 0.2) is 0 Å². The summed E-state index contributed by atoms with van der Waals surface area (Å²) in [4.78, 5) is 5.80. The molecule has 34 heavy (non-hydrogen) atoms. The molecule has 2 nitrogen and oxygen atoms in total. The van der Waals surface area contributed by atoms with Crippen molar-refractivity contribution in [2.75, 3.05) is 39.3 Å². The molecule has 2 heteroatoms. The summed E-state index contributed by atoms with van der Waals surface area (Å²) in [5.74, 6) is 3.88. The fourth-order valence-corrected chi connectivity index (χ4v) is 7.69. The first kappa shape index (κ1) is 26.5. The van der Waals surface area contributed by atoms with Gasteiger partial charge in [0.1, 0.15) is 0 Å². The Hall–Kier alpha value is -0.600. The number of rotatable bonds is 0. The van der Waals surface area contributed by atoms with Crippen molar-refractivity contribution >= 4 is 0 Å². The monoisotopic (exact) mass is 468 g/mol. The van der Waals surface area contributed by atoms with Crippen LogP contribution in [0.3, 0.4) is 0 Å². The van der Waals surface area contributed by atoms with Gasteiger partial charge in [-0.05, 0) is 133 Å². The minimum absolute atomic E-state index is 0.953. The molecule has 3 unspecified atom stereocenters. The second-order valence-electron chi connectivity index (χ2n) is 12.3. The number of piperidine rings is 2. The molecule has 0 saturated carbocycles. The molecule has 0 aliphatic carbocycles. The summed E-state index contributed by atoms with van der Waals surface area (Å²) in [5.41, 5.74) is 0. The molecule has 194 valence electrons. The van der Waals surface area contributed by atoms with Gasteiger partial charge in [0, 0.05) is 19.6 Å². The number of hydrogen-bond acceptors (Lipinski definition) is 2. The first-order valence-electron chi connectivity index (χ1n) is 15.6. The van der Waals surface area contributed by atoms with E-state index in [0.717, 1.165) is 23.7 Å². The molecule has 0 aromatic carbocycles. The van der Waals surface area contributed by atoms with E-state index in [-0.39, 0.29) is 0 Å². The van der Waals surface area contributed by atoms with Gasteiger partial charge < -0.3 is 9.80 Å². The number of fused-ring (bicyclic) bond motifs is 10. The van der Waals surface area contributed by atoms with Crippen LogP contribution in [0.2, 0.25) is 0 Å². The highest BCUT2D eigenvalue weighted by Gasteiger charge is 2.38. The van der Waals surface area contributed by atoms with Crippen molar-refractivity contribution in [1.82, 2.24) is 9.80 Å². The molecule has 2 fully saturated rings. The van der Waals surface area contributed by atoms with Gasteiger partial charge in [-0.2, -0.15) is 0 Å². The van der Waals surface area contributed by atoms with Gasteiger partial charge >= 0.3 is 0 Å². The molecular formula is C32H56N2. The Morgan fingerprint density at radius 2 is 1.03 bits per heavy atom.